The van der Waals surface area contributed by atoms with E-state index in [0.29, 0.717) is 43.5 Å². The quantitative estimate of drug-likeness (QED) is 0.190. The number of carbonyl (C=O) groups is 3. The van der Waals surface area contributed by atoms with Gasteiger partial charge in [-0.25, -0.2) is 4.39 Å². The molecule has 0 amide bonds. The molecule has 2 aliphatic heterocycles. The molecule has 0 bridgehead atoms. The molecule has 40 heavy (non-hydrogen) atoms. The lowest BCUT2D eigenvalue weighted by atomic mass is 9.64. The maximum Gasteiger partial charge on any atom is 0.185 e. The van der Waals surface area contributed by atoms with Crippen molar-refractivity contribution in [2.75, 3.05) is 4.90 Å². The van der Waals surface area contributed by atoms with Crippen LogP contribution in [0.15, 0.2) is 97.1 Å². The molecule has 1 spiro atoms. The second kappa shape index (κ2) is 8.98. The molecule has 4 aromatic carbocycles. The van der Waals surface area contributed by atoms with Gasteiger partial charge in [-0.3, -0.25) is 14.4 Å². The van der Waals surface area contributed by atoms with Gasteiger partial charge < -0.3 is 4.90 Å². The van der Waals surface area contributed by atoms with Crippen LogP contribution in [0.3, 0.4) is 0 Å². The van der Waals surface area contributed by atoms with Gasteiger partial charge in [0, 0.05) is 43.9 Å². The van der Waals surface area contributed by atoms with Crippen molar-refractivity contribution in [3.63, 3.8) is 0 Å². The molecule has 196 valence electrons. The van der Waals surface area contributed by atoms with Crippen LogP contribution in [0.25, 0.3) is 6.08 Å². The number of rotatable bonds is 3. The van der Waals surface area contributed by atoms with Gasteiger partial charge in [0.25, 0.3) is 0 Å². The minimum absolute atomic E-state index is 0.300. The standard InChI is InChI=1S/C33H20Cl2FNO3/c34-20-12-9-18(10-13-20)30(38)29-28(24-7-3-4-8-25(24)35)33(31(39)22-5-1-2-6-23(22)32(33)40)27-16-11-19-17-21(36)14-15-26(19)37(27)29/h1-17,27-29H/t27-,28-,29-/m1/s1. The summed E-state index contributed by atoms with van der Waals surface area (Å²) >= 11 is 12.9. The van der Waals surface area contributed by atoms with Gasteiger partial charge in [0.05, 0.1) is 6.04 Å². The summed E-state index contributed by atoms with van der Waals surface area (Å²) in [5.41, 5.74) is 0.977. The summed E-state index contributed by atoms with van der Waals surface area (Å²) in [6.45, 7) is 0. The van der Waals surface area contributed by atoms with Crippen LogP contribution >= 0.6 is 23.2 Å². The van der Waals surface area contributed by atoms with E-state index >= 15 is 0 Å². The summed E-state index contributed by atoms with van der Waals surface area (Å²) in [5.74, 6) is -2.38. The third kappa shape index (κ3) is 3.28. The Morgan fingerprint density at radius 2 is 1.48 bits per heavy atom. The number of hydrogen-bond donors (Lipinski definition) is 0. The monoisotopic (exact) mass is 567 g/mol. The normalized spacial score (nSPS) is 21.9. The highest BCUT2D eigenvalue weighted by atomic mass is 35.5. The molecule has 0 N–H and O–H groups in total. The molecule has 1 fully saturated rings. The predicted octanol–water partition coefficient (Wildman–Crippen LogP) is 7.45. The molecule has 2 heterocycles. The first-order chi connectivity index (χ1) is 19.3. The molecule has 0 aromatic heterocycles. The van der Waals surface area contributed by atoms with E-state index < -0.39 is 29.2 Å². The summed E-state index contributed by atoms with van der Waals surface area (Å²) in [4.78, 5) is 45.6. The van der Waals surface area contributed by atoms with Crippen molar-refractivity contribution < 1.29 is 18.8 Å². The maximum atomic E-state index is 14.6. The fourth-order valence-electron chi connectivity index (χ4n) is 6.80. The first-order valence-corrected chi connectivity index (χ1v) is 13.6. The lowest BCUT2D eigenvalue weighted by molar-refractivity contribution is 0.0666. The smallest absolute Gasteiger partial charge is 0.185 e. The fraction of sp³-hybridized carbons (Fsp3) is 0.121. The zero-order valence-electron chi connectivity index (χ0n) is 20.9. The van der Waals surface area contributed by atoms with Crippen molar-refractivity contribution >= 4 is 52.3 Å². The van der Waals surface area contributed by atoms with E-state index in [4.69, 9.17) is 23.2 Å². The number of anilines is 1. The third-order valence-corrected chi connectivity index (χ3v) is 9.00. The van der Waals surface area contributed by atoms with Crippen molar-refractivity contribution in [1.29, 1.82) is 0 Å². The molecule has 0 saturated carbocycles. The molecule has 0 radical (unpaired) electrons. The van der Waals surface area contributed by atoms with Gasteiger partial charge in [-0.05, 0) is 54.1 Å². The average molecular weight is 568 g/mol. The van der Waals surface area contributed by atoms with Gasteiger partial charge in [-0.15, -0.1) is 0 Å². The van der Waals surface area contributed by atoms with Crippen molar-refractivity contribution in [3.8, 4) is 0 Å². The van der Waals surface area contributed by atoms with Crippen LogP contribution in [0.2, 0.25) is 10.0 Å². The fourth-order valence-corrected chi connectivity index (χ4v) is 7.18. The maximum absolute atomic E-state index is 14.6. The highest BCUT2D eigenvalue weighted by molar-refractivity contribution is 6.34. The van der Waals surface area contributed by atoms with Crippen molar-refractivity contribution in [2.24, 2.45) is 5.41 Å². The molecule has 4 nitrogen and oxygen atoms in total. The lowest BCUT2D eigenvalue weighted by Gasteiger charge is -2.37. The van der Waals surface area contributed by atoms with Gasteiger partial charge in [-0.1, -0.05) is 77.8 Å². The largest absolute Gasteiger partial charge is 0.352 e. The number of benzene rings is 4. The zero-order chi connectivity index (χ0) is 27.8. The van der Waals surface area contributed by atoms with E-state index in [-0.39, 0.29) is 17.3 Å². The van der Waals surface area contributed by atoms with Crippen LogP contribution in [0, 0.1) is 11.2 Å². The molecular formula is C33H20Cl2FNO3. The number of halogens is 3. The molecule has 4 aromatic rings. The Labute approximate surface area is 239 Å². The Balaban J connectivity index is 1.56. The second-order valence-electron chi connectivity index (χ2n) is 10.3. The van der Waals surface area contributed by atoms with Crippen LogP contribution in [0.4, 0.5) is 10.1 Å². The Kier molecular flexibility index (Phi) is 5.60. The number of carbonyl (C=O) groups excluding carboxylic acids is 3. The minimum atomic E-state index is -1.68. The van der Waals surface area contributed by atoms with E-state index in [2.05, 4.69) is 0 Å². The van der Waals surface area contributed by atoms with Crippen molar-refractivity contribution in [3.05, 3.63) is 141 Å². The van der Waals surface area contributed by atoms with Crippen LogP contribution in [-0.2, 0) is 0 Å². The summed E-state index contributed by atoms with van der Waals surface area (Å²) in [5, 5.41) is 0.818. The molecule has 1 saturated heterocycles. The van der Waals surface area contributed by atoms with Gasteiger partial charge >= 0.3 is 0 Å². The number of fused-ring (bicyclic) bond motifs is 5. The Bertz CT molecular complexity index is 1750. The van der Waals surface area contributed by atoms with Crippen LogP contribution in [0.5, 0.6) is 0 Å². The van der Waals surface area contributed by atoms with E-state index in [9.17, 15) is 18.8 Å². The van der Waals surface area contributed by atoms with E-state index in [1.807, 2.05) is 4.90 Å². The molecule has 0 unspecified atom stereocenters. The van der Waals surface area contributed by atoms with Crippen molar-refractivity contribution in [1.82, 2.24) is 0 Å². The minimum Gasteiger partial charge on any atom is -0.352 e. The van der Waals surface area contributed by atoms with Crippen molar-refractivity contribution in [2.45, 2.75) is 18.0 Å². The van der Waals surface area contributed by atoms with Gasteiger partial charge in [0.2, 0.25) is 0 Å². The number of Topliss-reactive ketones (excluding diaryl/α,β-unsaturated/α-hetero) is 3. The Morgan fingerprint density at radius 1 is 0.825 bits per heavy atom. The molecule has 7 rings (SSSR count). The van der Waals surface area contributed by atoms with E-state index in [0.717, 1.165) is 0 Å². The number of hydrogen-bond acceptors (Lipinski definition) is 4. The summed E-state index contributed by atoms with van der Waals surface area (Å²) in [6.07, 6.45) is 3.48. The van der Waals surface area contributed by atoms with E-state index in [1.54, 1.807) is 91.0 Å². The molecule has 7 heteroatoms. The highest BCUT2D eigenvalue weighted by Crippen LogP contribution is 2.61. The van der Waals surface area contributed by atoms with Gasteiger partial charge in [-0.2, -0.15) is 0 Å². The SMILES string of the molecule is O=C(c1ccc(Cl)cc1)[C@H]1[C@@H](c2ccccc2Cl)C2(C(=O)c3ccccc3C2=O)[C@H]2C=Cc3cc(F)ccc3N12. The Hall–Kier alpha value is -4.06. The topological polar surface area (TPSA) is 54.5 Å². The first kappa shape index (κ1) is 24.9. The molecule has 3 aliphatic rings. The molecule has 3 atom stereocenters. The zero-order valence-corrected chi connectivity index (χ0v) is 22.4. The summed E-state index contributed by atoms with van der Waals surface area (Å²) < 4.78 is 14.3. The van der Waals surface area contributed by atoms with Crippen LogP contribution < -0.4 is 4.90 Å². The second-order valence-corrected chi connectivity index (χ2v) is 11.1. The van der Waals surface area contributed by atoms with Crippen LogP contribution in [-0.4, -0.2) is 29.4 Å². The predicted molar refractivity (Wildman–Crippen MR) is 153 cm³/mol. The van der Waals surface area contributed by atoms with Gasteiger partial charge in [0.1, 0.15) is 17.3 Å². The molecular weight excluding hydrogens is 548 g/mol. The third-order valence-electron chi connectivity index (χ3n) is 8.40. The first-order valence-electron chi connectivity index (χ1n) is 12.8. The lowest BCUT2D eigenvalue weighted by Crippen LogP contribution is -2.48. The highest BCUT2D eigenvalue weighted by Gasteiger charge is 2.71. The molecule has 1 aliphatic carbocycles. The number of nitrogens with zero attached hydrogens (tertiary/aromatic N) is 1. The summed E-state index contributed by atoms with van der Waals surface area (Å²) in [7, 11) is 0. The average Bonchev–Trinajstić information content (AvgIpc) is 3.39. The number of ketones is 3. The Morgan fingerprint density at radius 3 is 2.15 bits per heavy atom. The van der Waals surface area contributed by atoms with E-state index in [1.165, 1.54) is 12.1 Å². The van der Waals surface area contributed by atoms with Gasteiger partial charge in [0.15, 0.2) is 17.3 Å². The summed E-state index contributed by atoms with van der Waals surface area (Å²) in [6, 6.07) is 22.8. The van der Waals surface area contributed by atoms with Crippen LogP contribution in [0.1, 0.15) is 48.1 Å².